The van der Waals surface area contributed by atoms with E-state index < -0.39 is 0 Å². The van der Waals surface area contributed by atoms with Gasteiger partial charge in [-0.3, -0.25) is 4.79 Å². The molecule has 0 radical (unpaired) electrons. The number of aldehydes is 1. The quantitative estimate of drug-likeness (QED) is 0.531. The number of carbonyl (C=O) groups excluding carboxylic acids is 1. The molecule has 0 aliphatic carbocycles. The normalized spacial score (nSPS) is 10.5. The average molecular weight is 288 g/mol. The van der Waals surface area contributed by atoms with Gasteiger partial charge in [0.2, 0.25) is 0 Å². The van der Waals surface area contributed by atoms with E-state index >= 15 is 0 Å². The number of rotatable bonds is 8. The van der Waals surface area contributed by atoms with Gasteiger partial charge in [-0.2, -0.15) is 0 Å². The summed E-state index contributed by atoms with van der Waals surface area (Å²) in [4.78, 5) is 21.3. The summed E-state index contributed by atoms with van der Waals surface area (Å²) < 4.78 is 10.1. The minimum atomic E-state index is 0.164. The molecule has 1 aromatic heterocycles. The molecule has 1 aromatic rings. The Labute approximate surface area is 117 Å². The van der Waals surface area contributed by atoms with E-state index in [-0.39, 0.29) is 5.15 Å². The topological polar surface area (TPSA) is 64.6 Å². The van der Waals surface area contributed by atoms with Crippen molar-refractivity contribution in [3.63, 3.8) is 0 Å². The summed E-state index contributed by atoms with van der Waals surface area (Å²) in [6, 6.07) is 0. The zero-order chi connectivity index (χ0) is 14.3. The van der Waals surface area contributed by atoms with Crippen molar-refractivity contribution in [2.75, 3.05) is 45.4 Å². The second-order valence-electron chi connectivity index (χ2n) is 3.89. The molecule has 0 bridgehead atoms. The summed E-state index contributed by atoms with van der Waals surface area (Å²) in [5.74, 6) is 1.03. The van der Waals surface area contributed by atoms with E-state index in [9.17, 15) is 4.79 Å². The minimum absolute atomic E-state index is 0.164. The van der Waals surface area contributed by atoms with Gasteiger partial charge in [-0.25, -0.2) is 9.97 Å². The third kappa shape index (κ3) is 4.41. The highest BCUT2D eigenvalue weighted by Gasteiger charge is 2.17. The Morgan fingerprint density at radius 1 is 1.21 bits per heavy atom. The number of aromatic nitrogens is 2. The van der Waals surface area contributed by atoms with Gasteiger partial charge >= 0.3 is 0 Å². The zero-order valence-electron chi connectivity index (χ0n) is 11.4. The van der Waals surface area contributed by atoms with Crippen molar-refractivity contribution >= 4 is 23.7 Å². The summed E-state index contributed by atoms with van der Waals surface area (Å²) in [6.07, 6.45) is 0.670. The van der Waals surface area contributed by atoms with Crippen LogP contribution >= 0.6 is 11.6 Å². The second kappa shape index (κ2) is 8.04. The molecule has 0 amide bonds. The van der Waals surface area contributed by atoms with Crippen molar-refractivity contribution in [3.8, 4) is 0 Å². The van der Waals surface area contributed by atoms with Crippen LogP contribution in [0.15, 0.2) is 0 Å². The molecule has 0 aliphatic heterocycles. The minimum Gasteiger partial charge on any atom is -0.383 e. The van der Waals surface area contributed by atoms with Crippen LogP contribution in [0.3, 0.4) is 0 Å². The third-order valence-electron chi connectivity index (χ3n) is 2.54. The average Bonchev–Trinajstić information content (AvgIpc) is 2.38. The molecule has 0 saturated carbocycles. The van der Waals surface area contributed by atoms with Crippen LogP contribution in [0, 0.1) is 6.92 Å². The molecule has 106 valence electrons. The van der Waals surface area contributed by atoms with Crippen LogP contribution in [0.2, 0.25) is 5.15 Å². The molecule has 0 spiro atoms. The van der Waals surface area contributed by atoms with Gasteiger partial charge in [0.1, 0.15) is 16.8 Å². The van der Waals surface area contributed by atoms with Gasteiger partial charge in [-0.1, -0.05) is 11.6 Å². The molecule has 6 nitrogen and oxygen atoms in total. The molecule has 19 heavy (non-hydrogen) atoms. The maximum atomic E-state index is 11.2. The van der Waals surface area contributed by atoms with E-state index in [1.165, 1.54) is 0 Å². The van der Waals surface area contributed by atoms with E-state index in [2.05, 4.69) is 9.97 Å². The van der Waals surface area contributed by atoms with Gasteiger partial charge < -0.3 is 14.4 Å². The van der Waals surface area contributed by atoms with E-state index in [0.717, 1.165) is 0 Å². The lowest BCUT2D eigenvalue weighted by Crippen LogP contribution is -2.32. The van der Waals surface area contributed by atoms with E-state index in [4.69, 9.17) is 21.1 Å². The van der Waals surface area contributed by atoms with Gasteiger partial charge in [-0.05, 0) is 6.92 Å². The predicted molar refractivity (Wildman–Crippen MR) is 73.1 cm³/mol. The van der Waals surface area contributed by atoms with Gasteiger partial charge in [0.15, 0.2) is 6.29 Å². The number of anilines is 1. The Balaban J connectivity index is 3.08. The third-order valence-corrected chi connectivity index (χ3v) is 2.83. The number of aryl methyl sites for hydroxylation is 1. The molecule has 0 atom stereocenters. The molecule has 0 aromatic carbocycles. The molecule has 1 rings (SSSR count). The van der Waals surface area contributed by atoms with Crippen LogP contribution in [-0.4, -0.2) is 56.8 Å². The van der Waals surface area contributed by atoms with Crippen molar-refractivity contribution in [1.82, 2.24) is 9.97 Å². The first-order valence-electron chi connectivity index (χ1n) is 5.86. The van der Waals surface area contributed by atoms with Crippen molar-refractivity contribution < 1.29 is 14.3 Å². The molecule has 0 N–H and O–H groups in total. The van der Waals surface area contributed by atoms with Crippen LogP contribution < -0.4 is 4.90 Å². The smallest absolute Gasteiger partial charge is 0.156 e. The first-order valence-corrected chi connectivity index (χ1v) is 6.24. The van der Waals surface area contributed by atoms with Crippen molar-refractivity contribution in [2.24, 2.45) is 0 Å². The number of hydrogen-bond donors (Lipinski definition) is 0. The molecule has 0 aliphatic rings. The van der Waals surface area contributed by atoms with Crippen LogP contribution in [0.5, 0.6) is 0 Å². The lowest BCUT2D eigenvalue weighted by molar-refractivity contribution is 0.112. The Kier molecular flexibility index (Phi) is 6.69. The number of halogens is 1. The molecule has 1 heterocycles. The fourth-order valence-electron chi connectivity index (χ4n) is 1.60. The summed E-state index contributed by atoms with van der Waals surface area (Å²) >= 11 is 5.98. The number of nitrogens with zero attached hydrogens (tertiary/aromatic N) is 3. The zero-order valence-corrected chi connectivity index (χ0v) is 12.1. The summed E-state index contributed by atoms with van der Waals surface area (Å²) in [6.45, 7) is 3.95. The number of ether oxygens (including phenoxy) is 2. The Hall–Kier alpha value is -1.24. The van der Waals surface area contributed by atoms with Crippen LogP contribution in [-0.2, 0) is 9.47 Å². The maximum absolute atomic E-state index is 11.2. The maximum Gasteiger partial charge on any atom is 0.156 e. The van der Waals surface area contributed by atoms with E-state index in [1.54, 1.807) is 21.1 Å². The van der Waals surface area contributed by atoms with Crippen molar-refractivity contribution in [2.45, 2.75) is 6.92 Å². The van der Waals surface area contributed by atoms with Crippen LogP contribution in [0.1, 0.15) is 16.2 Å². The highest BCUT2D eigenvalue weighted by atomic mass is 35.5. The van der Waals surface area contributed by atoms with Gasteiger partial charge in [0, 0.05) is 27.3 Å². The Morgan fingerprint density at radius 2 is 1.79 bits per heavy atom. The lowest BCUT2D eigenvalue weighted by atomic mass is 10.3. The summed E-state index contributed by atoms with van der Waals surface area (Å²) in [7, 11) is 3.24. The number of methoxy groups -OCH3 is 2. The first-order chi connectivity index (χ1) is 9.13. The monoisotopic (exact) mass is 287 g/mol. The van der Waals surface area contributed by atoms with Gasteiger partial charge in [0.05, 0.1) is 18.8 Å². The largest absolute Gasteiger partial charge is 0.383 e. The van der Waals surface area contributed by atoms with Crippen LogP contribution in [0.4, 0.5) is 5.82 Å². The van der Waals surface area contributed by atoms with E-state index in [0.29, 0.717) is 49.8 Å². The Morgan fingerprint density at radius 3 is 2.26 bits per heavy atom. The standard InChI is InChI=1S/C12H18ClN3O3/c1-9-14-11(13)10(8-17)12(15-9)16(4-6-18-2)5-7-19-3/h8H,4-7H2,1-3H3. The highest BCUT2D eigenvalue weighted by Crippen LogP contribution is 2.22. The van der Waals surface area contributed by atoms with Crippen molar-refractivity contribution in [3.05, 3.63) is 16.5 Å². The molecular weight excluding hydrogens is 270 g/mol. The number of carbonyl (C=O) groups is 1. The number of hydrogen-bond acceptors (Lipinski definition) is 6. The molecule has 7 heteroatoms. The van der Waals surface area contributed by atoms with Crippen LogP contribution in [0.25, 0.3) is 0 Å². The van der Waals surface area contributed by atoms with Gasteiger partial charge in [0.25, 0.3) is 0 Å². The molecule has 0 saturated heterocycles. The summed E-state index contributed by atoms with van der Waals surface area (Å²) in [5, 5.41) is 0.164. The highest BCUT2D eigenvalue weighted by molar-refractivity contribution is 6.32. The van der Waals surface area contributed by atoms with Gasteiger partial charge in [-0.15, -0.1) is 0 Å². The van der Waals surface area contributed by atoms with Crippen molar-refractivity contribution in [1.29, 1.82) is 0 Å². The second-order valence-corrected chi connectivity index (χ2v) is 4.25. The first kappa shape index (κ1) is 15.8. The predicted octanol–water partition coefficient (Wildman–Crippen LogP) is 1.35. The fraction of sp³-hybridized carbons (Fsp3) is 0.583. The molecule has 0 unspecified atom stereocenters. The fourth-order valence-corrected chi connectivity index (χ4v) is 1.85. The van der Waals surface area contributed by atoms with E-state index in [1.807, 2.05) is 4.90 Å². The molecular formula is C12H18ClN3O3. The SMILES string of the molecule is COCCN(CCOC)c1nc(C)nc(Cl)c1C=O. The molecule has 0 fully saturated rings. The Bertz CT molecular complexity index is 421. The summed E-state index contributed by atoms with van der Waals surface area (Å²) in [5.41, 5.74) is 0.291. The lowest BCUT2D eigenvalue weighted by Gasteiger charge is -2.24.